The van der Waals surface area contributed by atoms with Gasteiger partial charge in [-0.05, 0) is 79.8 Å². The van der Waals surface area contributed by atoms with Gasteiger partial charge in [0.2, 0.25) is 5.91 Å². The Bertz CT molecular complexity index is 1030. The van der Waals surface area contributed by atoms with Crippen LogP contribution in [0.3, 0.4) is 0 Å². The number of imidazole rings is 1. The van der Waals surface area contributed by atoms with Crippen LogP contribution in [-0.2, 0) is 11.2 Å². The van der Waals surface area contributed by atoms with Gasteiger partial charge >= 0.3 is 0 Å². The second kappa shape index (κ2) is 6.66. The molecule has 2 unspecified atom stereocenters. The number of amides is 1. The summed E-state index contributed by atoms with van der Waals surface area (Å²) in [5.41, 5.74) is 2.62. The standard InChI is InChI=1S/C26H34N4O/c1-25-11-8-19-17(5-7-22-26(19,2)12-9-24(31)30(22)3)18(25)6-4-16(25)14-23-28-20-10-13-27-15-21(20)29-23/h9-10,12-13,15-19,22H,4-8,11,14H2,1-3H3,(H,28,29)/t16?,17-,18-,19+,22?,25+,26+/m0/s1. The number of carbonyl (C=O) groups is 1. The summed E-state index contributed by atoms with van der Waals surface area (Å²) < 4.78 is 0. The maximum atomic E-state index is 12.3. The first-order valence-corrected chi connectivity index (χ1v) is 12.1. The molecule has 164 valence electrons. The Morgan fingerprint density at radius 1 is 1.16 bits per heavy atom. The third-order valence-electron chi connectivity index (χ3n) is 10.1. The quantitative estimate of drug-likeness (QED) is 0.765. The number of hydrogen-bond acceptors (Lipinski definition) is 3. The third kappa shape index (κ3) is 2.71. The smallest absolute Gasteiger partial charge is 0.246 e. The molecule has 5 heteroatoms. The van der Waals surface area contributed by atoms with Gasteiger partial charge in [-0.1, -0.05) is 19.9 Å². The Morgan fingerprint density at radius 3 is 2.87 bits per heavy atom. The van der Waals surface area contributed by atoms with E-state index in [1.807, 2.05) is 36.5 Å². The largest absolute Gasteiger partial charge is 0.342 e. The van der Waals surface area contributed by atoms with Gasteiger partial charge < -0.3 is 9.88 Å². The van der Waals surface area contributed by atoms with Gasteiger partial charge in [-0.25, -0.2) is 4.98 Å². The predicted molar refractivity (Wildman–Crippen MR) is 121 cm³/mol. The summed E-state index contributed by atoms with van der Waals surface area (Å²) >= 11 is 0. The van der Waals surface area contributed by atoms with E-state index in [1.165, 1.54) is 32.1 Å². The number of aromatic amines is 1. The van der Waals surface area contributed by atoms with E-state index in [2.05, 4.69) is 29.9 Å². The van der Waals surface area contributed by atoms with Crippen LogP contribution in [0.1, 0.15) is 58.2 Å². The van der Waals surface area contributed by atoms with E-state index in [4.69, 9.17) is 4.98 Å². The van der Waals surface area contributed by atoms with Gasteiger partial charge in [0.25, 0.3) is 0 Å². The summed E-state index contributed by atoms with van der Waals surface area (Å²) in [6.45, 7) is 5.02. The van der Waals surface area contributed by atoms with Gasteiger partial charge in [0.1, 0.15) is 11.3 Å². The molecule has 3 fully saturated rings. The lowest BCUT2D eigenvalue weighted by Crippen LogP contribution is -2.59. The molecule has 0 aromatic carbocycles. The molecule has 0 radical (unpaired) electrons. The fraction of sp³-hybridized carbons (Fsp3) is 0.654. The van der Waals surface area contributed by atoms with E-state index in [9.17, 15) is 4.79 Å². The minimum atomic E-state index is 0.136. The number of nitrogens with zero attached hydrogens (tertiary/aromatic N) is 3. The van der Waals surface area contributed by atoms with Crippen LogP contribution in [0.25, 0.3) is 11.0 Å². The molecular weight excluding hydrogens is 384 g/mol. The molecule has 6 rings (SSSR count). The van der Waals surface area contributed by atoms with Crippen molar-refractivity contribution >= 4 is 16.9 Å². The molecular formula is C26H34N4O. The number of fused-ring (bicyclic) bond motifs is 6. The zero-order chi connectivity index (χ0) is 21.4. The summed E-state index contributed by atoms with van der Waals surface area (Å²) in [6.07, 6.45) is 16.6. The van der Waals surface area contributed by atoms with Crippen LogP contribution < -0.4 is 0 Å². The zero-order valence-corrected chi connectivity index (χ0v) is 19.0. The SMILES string of the molecule is CN1C(=O)C=C[C@@]2(C)C1CC[C@@H]1[C@H]2CC[C@]2(C)C(Cc3nc4cnccc4[nH]3)CC[C@@H]12. The van der Waals surface area contributed by atoms with Gasteiger partial charge in [0, 0.05) is 31.1 Å². The van der Waals surface area contributed by atoms with Gasteiger partial charge in [0.15, 0.2) is 0 Å². The molecule has 2 aromatic heterocycles. The summed E-state index contributed by atoms with van der Waals surface area (Å²) in [4.78, 5) is 26.9. The number of H-pyrrole nitrogens is 1. The van der Waals surface area contributed by atoms with Crippen LogP contribution in [0, 0.1) is 34.5 Å². The molecule has 31 heavy (non-hydrogen) atoms. The Kier molecular flexibility index (Phi) is 4.19. The van der Waals surface area contributed by atoms with Crippen molar-refractivity contribution in [2.45, 2.75) is 64.8 Å². The molecule has 3 heterocycles. The van der Waals surface area contributed by atoms with Crippen LogP contribution in [0.4, 0.5) is 0 Å². The lowest BCUT2D eigenvalue weighted by atomic mass is 9.47. The topological polar surface area (TPSA) is 61.9 Å². The van der Waals surface area contributed by atoms with Crippen molar-refractivity contribution in [3.63, 3.8) is 0 Å². The lowest BCUT2D eigenvalue weighted by Gasteiger charge is -2.60. The highest BCUT2D eigenvalue weighted by atomic mass is 16.2. The summed E-state index contributed by atoms with van der Waals surface area (Å²) in [7, 11) is 2.01. The first kappa shape index (κ1) is 19.5. The van der Waals surface area contributed by atoms with Crippen molar-refractivity contribution in [3.05, 3.63) is 36.4 Å². The molecule has 3 aliphatic carbocycles. The number of nitrogens with one attached hydrogen (secondary N) is 1. The fourth-order valence-corrected chi connectivity index (χ4v) is 8.42. The fourth-order valence-electron chi connectivity index (χ4n) is 8.42. The number of carbonyl (C=O) groups excluding carboxylic acids is 1. The van der Waals surface area contributed by atoms with E-state index >= 15 is 0 Å². The lowest BCUT2D eigenvalue weighted by molar-refractivity contribution is -0.138. The normalized spacial score (nSPS) is 41.8. The molecule has 0 saturated heterocycles. The summed E-state index contributed by atoms with van der Waals surface area (Å²) in [5, 5.41) is 0. The van der Waals surface area contributed by atoms with Crippen LogP contribution in [0.15, 0.2) is 30.6 Å². The maximum absolute atomic E-state index is 12.3. The molecule has 5 nitrogen and oxygen atoms in total. The number of likely N-dealkylation sites (N-methyl/N-ethyl adjacent to an activating group) is 1. The Labute approximate surface area is 184 Å². The molecule has 0 bridgehead atoms. The van der Waals surface area contributed by atoms with Crippen molar-refractivity contribution in [2.24, 2.45) is 34.5 Å². The first-order valence-electron chi connectivity index (χ1n) is 12.1. The Balaban J connectivity index is 1.26. The van der Waals surface area contributed by atoms with Crippen molar-refractivity contribution in [3.8, 4) is 0 Å². The van der Waals surface area contributed by atoms with Crippen LogP contribution in [-0.4, -0.2) is 38.8 Å². The second-order valence-electron chi connectivity index (χ2n) is 11.2. The van der Waals surface area contributed by atoms with Crippen LogP contribution in [0.5, 0.6) is 0 Å². The minimum absolute atomic E-state index is 0.136. The van der Waals surface area contributed by atoms with Gasteiger partial charge in [-0.3, -0.25) is 9.78 Å². The van der Waals surface area contributed by atoms with E-state index in [0.29, 0.717) is 23.3 Å². The van der Waals surface area contributed by atoms with E-state index in [-0.39, 0.29) is 11.3 Å². The highest BCUT2D eigenvalue weighted by Crippen LogP contribution is 2.65. The first-order chi connectivity index (χ1) is 14.9. The highest BCUT2D eigenvalue weighted by Gasteiger charge is 2.60. The number of rotatable bonds is 2. The molecule has 4 aliphatic rings. The average Bonchev–Trinajstić information content (AvgIpc) is 3.32. The molecule has 2 aromatic rings. The van der Waals surface area contributed by atoms with Crippen molar-refractivity contribution < 1.29 is 4.79 Å². The Hall–Kier alpha value is -2.17. The molecule has 1 aliphatic heterocycles. The van der Waals surface area contributed by atoms with Crippen LogP contribution >= 0.6 is 0 Å². The predicted octanol–water partition coefficient (Wildman–Crippen LogP) is 4.76. The molecule has 7 atom stereocenters. The van der Waals surface area contributed by atoms with E-state index in [0.717, 1.165) is 41.5 Å². The third-order valence-corrected chi connectivity index (χ3v) is 10.1. The number of hydrogen-bond donors (Lipinski definition) is 1. The highest BCUT2D eigenvalue weighted by molar-refractivity contribution is 5.89. The summed E-state index contributed by atoms with van der Waals surface area (Å²) in [6, 6.07) is 2.39. The van der Waals surface area contributed by atoms with Crippen molar-refractivity contribution in [2.75, 3.05) is 7.05 Å². The van der Waals surface area contributed by atoms with Gasteiger partial charge in [-0.15, -0.1) is 0 Å². The van der Waals surface area contributed by atoms with Crippen molar-refractivity contribution in [1.29, 1.82) is 0 Å². The van der Waals surface area contributed by atoms with Gasteiger partial charge in [0.05, 0.1) is 11.7 Å². The molecule has 3 saturated carbocycles. The summed E-state index contributed by atoms with van der Waals surface area (Å²) in [5.74, 6) is 4.30. The molecule has 1 amide bonds. The molecule has 1 N–H and O–H groups in total. The average molecular weight is 419 g/mol. The van der Waals surface area contributed by atoms with Crippen molar-refractivity contribution in [1.82, 2.24) is 19.9 Å². The number of pyridine rings is 1. The van der Waals surface area contributed by atoms with Crippen LogP contribution in [0.2, 0.25) is 0 Å². The monoisotopic (exact) mass is 418 g/mol. The van der Waals surface area contributed by atoms with Gasteiger partial charge in [-0.2, -0.15) is 0 Å². The maximum Gasteiger partial charge on any atom is 0.246 e. The number of aromatic nitrogens is 3. The minimum Gasteiger partial charge on any atom is -0.342 e. The van der Waals surface area contributed by atoms with E-state index < -0.39 is 0 Å². The Morgan fingerprint density at radius 2 is 2.03 bits per heavy atom. The zero-order valence-electron chi connectivity index (χ0n) is 19.0. The molecule has 0 spiro atoms. The second-order valence-corrected chi connectivity index (χ2v) is 11.2. The van der Waals surface area contributed by atoms with E-state index in [1.54, 1.807) is 0 Å².